The van der Waals surface area contributed by atoms with Crippen LogP contribution in [0.4, 0.5) is 0 Å². The first-order chi connectivity index (χ1) is 11.3. The lowest BCUT2D eigenvalue weighted by Gasteiger charge is -2.22. The zero-order chi connectivity index (χ0) is 15.6. The molecule has 2 aromatic rings. The molecular formula is C16H21N5O2. The quantitative estimate of drug-likeness (QED) is 0.817. The molecule has 3 heterocycles. The highest BCUT2D eigenvalue weighted by molar-refractivity contribution is 5.76. The molecule has 122 valence electrons. The van der Waals surface area contributed by atoms with E-state index in [0.29, 0.717) is 18.2 Å². The SMILES string of the molecule is O=C(CCCn1ccnc1)N1CCC[C@H]1c1noc(C2CC2)n1. The fourth-order valence-electron chi connectivity index (χ4n) is 3.19. The number of nitrogens with zero attached hydrogens (tertiary/aromatic N) is 5. The van der Waals surface area contributed by atoms with Crippen LogP contribution in [0.1, 0.15) is 62.2 Å². The van der Waals surface area contributed by atoms with Crippen molar-refractivity contribution in [2.75, 3.05) is 6.54 Å². The Labute approximate surface area is 134 Å². The molecule has 4 rings (SSSR count). The predicted octanol–water partition coefficient (Wildman–Crippen LogP) is 2.29. The molecule has 1 saturated carbocycles. The largest absolute Gasteiger partial charge is 0.339 e. The molecule has 0 spiro atoms. The molecule has 7 heteroatoms. The van der Waals surface area contributed by atoms with Gasteiger partial charge in [0.15, 0.2) is 5.82 Å². The molecule has 1 saturated heterocycles. The Morgan fingerprint density at radius 3 is 3.04 bits per heavy atom. The minimum atomic E-state index is -0.00741. The molecule has 2 aliphatic rings. The number of amides is 1. The number of carbonyl (C=O) groups excluding carboxylic acids is 1. The maximum Gasteiger partial charge on any atom is 0.229 e. The van der Waals surface area contributed by atoms with Crippen molar-refractivity contribution in [2.24, 2.45) is 0 Å². The van der Waals surface area contributed by atoms with Gasteiger partial charge < -0.3 is 14.0 Å². The monoisotopic (exact) mass is 315 g/mol. The van der Waals surface area contributed by atoms with E-state index in [1.807, 2.05) is 15.7 Å². The van der Waals surface area contributed by atoms with E-state index in [4.69, 9.17) is 4.52 Å². The zero-order valence-corrected chi connectivity index (χ0v) is 13.1. The van der Waals surface area contributed by atoms with E-state index >= 15 is 0 Å². The van der Waals surface area contributed by atoms with Crippen molar-refractivity contribution in [1.29, 1.82) is 0 Å². The number of aromatic nitrogens is 4. The van der Waals surface area contributed by atoms with Crippen molar-refractivity contribution in [2.45, 2.75) is 57.0 Å². The van der Waals surface area contributed by atoms with E-state index in [-0.39, 0.29) is 11.9 Å². The minimum Gasteiger partial charge on any atom is -0.339 e. The van der Waals surface area contributed by atoms with Gasteiger partial charge in [-0.15, -0.1) is 0 Å². The maximum atomic E-state index is 12.5. The van der Waals surface area contributed by atoms with Gasteiger partial charge in [-0.05, 0) is 32.1 Å². The molecule has 0 aromatic carbocycles. The van der Waals surface area contributed by atoms with Crippen LogP contribution in [0.25, 0.3) is 0 Å². The van der Waals surface area contributed by atoms with Crippen molar-refractivity contribution in [3.8, 4) is 0 Å². The fourth-order valence-corrected chi connectivity index (χ4v) is 3.19. The summed E-state index contributed by atoms with van der Waals surface area (Å²) in [5.41, 5.74) is 0. The molecular weight excluding hydrogens is 294 g/mol. The summed E-state index contributed by atoms with van der Waals surface area (Å²) < 4.78 is 7.35. The third-order valence-electron chi connectivity index (χ3n) is 4.62. The van der Waals surface area contributed by atoms with Gasteiger partial charge in [0.25, 0.3) is 0 Å². The summed E-state index contributed by atoms with van der Waals surface area (Å²) in [5.74, 6) is 2.08. The Hall–Kier alpha value is -2.18. The lowest BCUT2D eigenvalue weighted by molar-refractivity contribution is -0.132. The van der Waals surface area contributed by atoms with Gasteiger partial charge in [-0.3, -0.25) is 4.79 Å². The number of carbonyl (C=O) groups is 1. The van der Waals surface area contributed by atoms with Crippen molar-refractivity contribution >= 4 is 5.91 Å². The summed E-state index contributed by atoms with van der Waals surface area (Å²) in [6.45, 7) is 1.61. The summed E-state index contributed by atoms with van der Waals surface area (Å²) in [6.07, 6.45) is 11.0. The summed E-state index contributed by atoms with van der Waals surface area (Å²) >= 11 is 0. The number of rotatable bonds is 6. The first-order valence-electron chi connectivity index (χ1n) is 8.40. The number of likely N-dealkylation sites (tertiary alicyclic amines) is 1. The first-order valence-corrected chi connectivity index (χ1v) is 8.40. The molecule has 0 unspecified atom stereocenters. The lowest BCUT2D eigenvalue weighted by Crippen LogP contribution is -2.31. The van der Waals surface area contributed by atoms with Gasteiger partial charge in [0, 0.05) is 37.8 Å². The normalized spacial score (nSPS) is 21.0. The van der Waals surface area contributed by atoms with Crippen LogP contribution in [0.15, 0.2) is 23.2 Å². The van der Waals surface area contributed by atoms with Gasteiger partial charge in [-0.2, -0.15) is 4.98 Å². The maximum absolute atomic E-state index is 12.5. The van der Waals surface area contributed by atoms with Crippen molar-refractivity contribution in [1.82, 2.24) is 24.6 Å². The van der Waals surface area contributed by atoms with E-state index < -0.39 is 0 Å². The highest BCUT2D eigenvalue weighted by atomic mass is 16.5. The summed E-state index contributed by atoms with van der Waals surface area (Å²) in [7, 11) is 0. The average Bonchev–Trinajstić information content (AvgIpc) is 3.02. The Kier molecular flexibility index (Phi) is 3.85. The van der Waals surface area contributed by atoms with E-state index in [1.165, 1.54) is 0 Å². The molecule has 23 heavy (non-hydrogen) atoms. The van der Waals surface area contributed by atoms with E-state index in [2.05, 4.69) is 15.1 Å². The third-order valence-corrected chi connectivity index (χ3v) is 4.62. The predicted molar refractivity (Wildman–Crippen MR) is 81.4 cm³/mol. The average molecular weight is 315 g/mol. The summed E-state index contributed by atoms with van der Waals surface area (Å²) in [6, 6.07) is -0.00741. The van der Waals surface area contributed by atoms with Crippen molar-refractivity contribution in [3.63, 3.8) is 0 Å². The van der Waals surface area contributed by atoms with Crippen molar-refractivity contribution < 1.29 is 9.32 Å². The molecule has 1 aliphatic heterocycles. The van der Waals surface area contributed by atoms with E-state index in [0.717, 1.165) is 51.1 Å². The molecule has 0 bridgehead atoms. The van der Waals surface area contributed by atoms with Crippen LogP contribution < -0.4 is 0 Å². The topological polar surface area (TPSA) is 77.0 Å². The van der Waals surface area contributed by atoms with Gasteiger partial charge in [0.1, 0.15) is 0 Å². The smallest absolute Gasteiger partial charge is 0.229 e. The van der Waals surface area contributed by atoms with E-state index in [9.17, 15) is 4.79 Å². The van der Waals surface area contributed by atoms with Gasteiger partial charge >= 0.3 is 0 Å². The third kappa shape index (κ3) is 3.13. The van der Waals surface area contributed by atoms with Crippen LogP contribution in [0.5, 0.6) is 0 Å². The molecule has 1 atom stereocenters. The molecule has 2 aromatic heterocycles. The summed E-state index contributed by atoms with van der Waals surface area (Å²) in [4.78, 5) is 23.0. The fraction of sp³-hybridized carbons (Fsp3) is 0.625. The van der Waals surface area contributed by atoms with Crippen LogP contribution >= 0.6 is 0 Å². The Morgan fingerprint density at radius 2 is 2.26 bits per heavy atom. The second-order valence-corrected chi connectivity index (χ2v) is 6.41. The Balaban J connectivity index is 1.35. The second kappa shape index (κ2) is 6.14. The number of hydrogen-bond donors (Lipinski definition) is 0. The number of imidazole rings is 1. The Morgan fingerprint density at radius 1 is 1.35 bits per heavy atom. The second-order valence-electron chi connectivity index (χ2n) is 6.41. The number of aryl methyl sites for hydroxylation is 1. The van der Waals surface area contributed by atoms with Crippen LogP contribution in [0, 0.1) is 0 Å². The standard InChI is InChI=1S/C16H21N5O2/c22-14(4-2-8-20-10-7-17-11-20)21-9-1-3-13(21)15-18-16(23-19-15)12-5-6-12/h7,10-13H,1-6,8-9H2/t13-/m0/s1. The highest BCUT2D eigenvalue weighted by Crippen LogP contribution is 2.40. The molecule has 0 N–H and O–H groups in total. The van der Waals surface area contributed by atoms with Gasteiger partial charge in [-0.1, -0.05) is 5.16 Å². The number of hydrogen-bond acceptors (Lipinski definition) is 5. The first kappa shape index (κ1) is 14.4. The summed E-state index contributed by atoms with van der Waals surface area (Å²) in [5, 5.41) is 4.12. The highest BCUT2D eigenvalue weighted by Gasteiger charge is 2.35. The lowest BCUT2D eigenvalue weighted by atomic mass is 10.2. The van der Waals surface area contributed by atoms with Crippen molar-refractivity contribution in [3.05, 3.63) is 30.4 Å². The van der Waals surface area contributed by atoms with E-state index in [1.54, 1.807) is 12.5 Å². The Bertz CT molecular complexity index is 662. The van der Waals surface area contributed by atoms with Crippen LogP contribution in [0.3, 0.4) is 0 Å². The molecule has 0 radical (unpaired) electrons. The minimum absolute atomic E-state index is 0.00741. The van der Waals surface area contributed by atoms with Gasteiger partial charge in [-0.25, -0.2) is 4.98 Å². The zero-order valence-electron chi connectivity index (χ0n) is 13.1. The molecule has 7 nitrogen and oxygen atoms in total. The molecule has 2 fully saturated rings. The molecule has 1 amide bonds. The van der Waals surface area contributed by atoms with Crippen LogP contribution in [-0.2, 0) is 11.3 Å². The van der Waals surface area contributed by atoms with Gasteiger partial charge in [0.2, 0.25) is 11.8 Å². The molecule has 1 aliphatic carbocycles. The van der Waals surface area contributed by atoms with Crippen LogP contribution in [-0.4, -0.2) is 37.0 Å². The van der Waals surface area contributed by atoms with Crippen LogP contribution in [0.2, 0.25) is 0 Å². The van der Waals surface area contributed by atoms with Gasteiger partial charge in [0.05, 0.1) is 12.4 Å².